The van der Waals surface area contributed by atoms with Crippen molar-refractivity contribution in [1.29, 1.82) is 0 Å². The lowest BCUT2D eigenvalue weighted by molar-refractivity contribution is 0.0526. The fraction of sp³-hybridized carbons (Fsp3) is 0.130. The molecule has 0 bridgehead atoms. The zero-order valence-corrected chi connectivity index (χ0v) is 17.2. The molecular weight excluding hydrogens is 407 g/mol. The van der Waals surface area contributed by atoms with E-state index in [9.17, 15) is 4.79 Å². The van der Waals surface area contributed by atoms with Crippen LogP contribution in [0.5, 0.6) is 0 Å². The lowest BCUT2D eigenvalue weighted by Gasteiger charge is -2.09. The first kappa shape index (κ1) is 19.5. The van der Waals surface area contributed by atoms with E-state index in [-0.39, 0.29) is 5.97 Å². The van der Waals surface area contributed by atoms with Crippen molar-refractivity contribution in [3.63, 3.8) is 0 Å². The zero-order chi connectivity index (χ0) is 20.4. The summed E-state index contributed by atoms with van der Waals surface area (Å²) < 4.78 is 7.14. The summed E-state index contributed by atoms with van der Waals surface area (Å²) in [5.41, 5.74) is 3.95. The molecule has 0 atom stereocenters. The molecule has 146 valence electrons. The van der Waals surface area contributed by atoms with Gasteiger partial charge in [-0.05, 0) is 55.0 Å². The Kier molecular flexibility index (Phi) is 5.56. The van der Waals surface area contributed by atoms with Gasteiger partial charge in [0.15, 0.2) is 0 Å². The molecule has 0 radical (unpaired) electrons. The Balaban J connectivity index is 1.70. The Morgan fingerprint density at radius 2 is 1.93 bits per heavy atom. The van der Waals surface area contributed by atoms with Gasteiger partial charge in [0.25, 0.3) is 0 Å². The second-order valence-corrected chi connectivity index (χ2v) is 7.43. The average molecular weight is 425 g/mol. The van der Waals surface area contributed by atoms with Crippen molar-refractivity contribution in [2.75, 3.05) is 6.61 Å². The van der Waals surface area contributed by atoms with E-state index in [1.165, 1.54) is 0 Å². The van der Waals surface area contributed by atoms with Gasteiger partial charge in [0, 0.05) is 27.2 Å². The second kappa shape index (κ2) is 8.27. The first-order valence-corrected chi connectivity index (χ1v) is 9.98. The molecular formula is C23H18Cl2N2O2. The minimum absolute atomic E-state index is 0.337. The SMILES string of the molecule is CCOC(=O)c1cccc(-c2ccc3ccn(Cc4ccc(Cl)cc4Cl)c3n2)c1. The number of fused-ring (bicyclic) bond motifs is 1. The van der Waals surface area contributed by atoms with Gasteiger partial charge in [-0.2, -0.15) is 0 Å². The molecule has 0 aliphatic carbocycles. The maximum Gasteiger partial charge on any atom is 0.338 e. The van der Waals surface area contributed by atoms with Gasteiger partial charge >= 0.3 is 5.97 Å². The number of aromatic nitrogens is 2. The highest BCUT2D eigenvalue weighted by molar-refractivity contribution is 6.35. The minimum atomic E-state index is -0.337. The van der Waals surface area contributed by atoms with Crippen LogP contribution in [0, 0.1) is 0 Å². The van der Waals surface area contributed by atoms with E-state index in [0.29, 0.717) is 28.8 Å². The number of halogens is 2. The number of rotatable bonds is 5. The van der Waals surface area contributed by atoms with Crippen molar-refractivity contribution in [3.8, 4) is 11.3 Å². The molecule has 0 aliphatic rings. The molecule has 4 nitrogen and oxygen atoms in total. The summed E-state index contributed by atoms with van der Waals surface area (Å²) in [5, 5.41) is 2.26. The largest absolute Gasteiger partial charge is 0.462 e. The number of esters is 1. The van der Waals surface area contributed by atoms with E-state index >= 15 is 0 Å². The van der Waals surface area contributed by atoms with Crippen molar-refractivity contribution in [1.82, 2.24) is 9.55 Å². The maximum absolute atomic E-state index is 12.0. The number of benzene rings is 2. The second-order valence-electron chi connectivity index (χ2n) is 6.59. The standard InChI is InChI=1S/C23H18Cl2N2O2/c1-2-29-23(28)17-5-3-4-16(12-17)21-9-7-15-10-11-27(22(15)26-21)14-18-6-8-19(24)13-20(18)25/h3-13H,2,14H2,1H3. The summed E-state index contributed by atoms with van der Waals surface area (Å²) in [6, 6.07) is 18.8. The van der Waals surface area contributed by atoms with Crippen molar-refractivity contribution in [3.05, 3.63) is 88.0 Å². The van der Waals surface area contributed by atoms with Gasteiger partial charge in [0.05, 0.1) is 24.4 Å². The summed E-state index contributed by atoms with van der Waals surface area (Å²) in [7, 11) is 0. The Morgan fingerprint density at radius 1 is 1.07 bits per heavy atom. The van der Waals surface area contributed by atoms with Crippen LogP contribution in [0.2, 0.25) is 10.0 Å². The van der Waals surface area contributed by atoms with Crippen LogP contribution in [0.4, 0.5) is 0 Å². The molecule has 29 heavy (non-hydrogen) atoms. The number of nitrogens with zero attached hydrogens (tertiary/aromatic N) is 2. The van der Waals surface area contributed by atoms with Crippen LogP contribution in [-0.2, 0) is 11.3 Å². The summed E-state index contributed by atoms with van der Waals surface area (Å²) >= 11 is 12.3. The number of hydrogen-bond acceptors (Lipinski definition) is 3. The van der Waals surface area contributed by atoms with E-state index in [1.807, 2.05) is 53.2 Å². The highest BCUT2D eigenvalue weighted by Crippen LogP contribution is 2.26. The quantitative estimate of drug-likeness (QED) is 0.356. The third-order valence-corrected chi connectivity index (χ3v) is 5.22. The molecule has 0 unspecified atom stereocenters. The zero-order valence-electron chi connectivity index (χ0n) is 15.7. The van der Waals surface area contributed by atoms with Gasteiger partial charge in [-0.3, -0.25) is 0 Å². The molecule has 0 spiro atoms. The first-order chi connectivity index (χ1) is 14.0. The van der Waals surface area contributed by atoms with Crippen LogP contribution in [0.15, 0.2) is 66.9 Å². The Bertz CT molecular complexity index is 1200. The lowest BCUT2D eigenvalue weighted by atomic mass is 10.1. The molecule has 4 aromatic rings. The summed E-state index contributed by atoms with van der Waals surface area (Å²) in [4.78, 5) is 16.9. The average Bonchev–Trinajstić information content (AvgIpc) is 3.12. The predicted octanol–water partition coefficient (Wildman–Crippen LogP) is 6.24. The van der Waals surface area contributed by atoms with Crippen LogP contribution in [0.3, 0.4) is 0 Å². The van der Waals surface area contributed by atoms with Crippen LogP contribution in [0.1, 0.15) is 22.8 Å². The smallest absolute Gasteiger partial charge is 0.338 e. The van der Waals surface area contributed by atoms with Crippen molar-refractivity contribution in [2.45, 2.75) is 13.5 Å². The van der Waals surface area contributed by atoms with Gasteiger partial charge in [-0.25, -0.2) is 9.78 Å². The van der Waals surface area contributed by atoms with Gasteiger partial charge < -0.3 is 9.30 Å². The van der Waals surface area contributed by atoms with Crippen LogP contribution >= 0.6 is 23.2 Å². The van der Waals surface area contributed by atoms with Crippen molar-refractivity contribution in [2.24, 2.45) is 0 Å². The van der Waals surface area contributed by atoms with Gasteiger partial charge in [-0.1, -0.05) is 41.4 Å². The molecule has 0 aliphatic heterocycles. The Hall–Kier alpha value is -2.82. The molecule has 0 saturated heterocycles. The Labute approximate surface area is 178 Å². The van der Waals surface area contributed by atoms with E-state index < -0.39 is 0 Å². The van der Waals surface area contributed by atoms with Gasteiger partial charge in [0.2, 0.25) is 0 Å². The van der Waals surface area contributed by atoms with Gasteiger partial charge in [-0.15, -0.1) is 0 Å². The number of carbonyl (C=O) groups excluding carboxylic acids is 1. The van der Waals surface area contributed by atoms with Gasteiger partial charge in [0.1, 0.15) is 5.65 Å². The van der Waals surface area contributed by atoms with Crippen LogP contribution < -0.4 is 0 Å². The van der Waals surface area contributed by atoms with Crippen LogP contribution in [0.25, 0.3) is 22.3 Å². The van der Waals surface area contributed by atoms with E-state index in [4.69, 9.17) is 32.9 Å². The van der Waals surface area contributed by atoms with Crippen molar-refractivity contribution >= 4 is 40.2 Å². The maximum atomic E-state index is 12.0. The molecule has 0 fully saturated rings. The number of hydrogen-bond donors (Lipinski definition) is 0. The highest BCUT2D eigenvalue weighted by Gasteiger charge is 2.11. The lowest BCUT2D eigenvalue weighted by Crippen LogP contribution is -2.04. The number of ether oxygens (including phenoxy) is 1. The first-order valence-electron chi connectivity index (χ1n) is 9.22. The third kappa shape index (κ3) is 4.14. The molecule has 0 N–H and O–H groups in total. The fourth-order valence-corrected chi connectivity index (χ4v) is 3.67. The molecule has 6 heteroatoms. The molecule has 2 aromatic heterocycles. The number of carbonyl (C=O) groups is 1. The summed E-state index contributed by atoms with van der Waals surface area (Å²) in [6.45, 7) is 2.71. The van der Waals surface area contributed by atoms with Crippen LogP contribution in [-0.4, -0.2) is 22.1 Å². The third-order valence-electron chi connectivity index (χ3n) is 4.64. The monoisotopic (exact) mass is 424 g/mol. The Morgan fingerprint density at radius 3 is 2.72 bits per heavy atom. The van der Waals surface area contributed by atoms with Crippen molar-refractivity contribution < 1.29 is 9.53 Å². The van der Waals surface area contributed by atoms with E-state index in [1.54, 1.807) is 25.1 Å². The summed E-state index contributed by atoms with van der Waals surface area (Å²) in [5.74, 6) is -0.337. The number of pyridine rings is 1. The highest BCUT2D eigenvalue weighted by atomic mass is 35.5. The summed E-state index contributed by atoms with van der Waals surface area (Å²) in [6.07, 6.45) is 1.99. The normalized spacial score (nSPS) is 11.0. The van der Waals surface area contributed by atoms with E-state index in [2.05, 4.69) is 0 Å². The molecule has 0 saturated carbocycles. The fourth-order valence-electron chi connectivity index (χ4n) is 3.20. The predicted molar refractivity (Wildman–Crippen MR) is 117 cm³/mol. The van der Waals surface area contributed by atoms with E-state index in [0.717, 1.165) is 27.9 Å². The molecule has 0 amide bonds. The molecule has 4 rings (SSSR count). The topological polar surface area (TPSA) is 44.1 Å². The minimum Gasteiger partial charge on any atom is -0.462 e. The molecule has 2 heterocycles. The molecule has 2 aromatic carbocycles.